The normalized spacial score (nSPS) is 9.83. The van der Waals surface area contributed by atoms with Crippen LogP contribution < -0.4 is 5.32 Å². The molecule has 0 bridgehead atoms. The molecule has 1 amide bonds. The Bertz CT molecular complexity index is 269. The molecule has 66 valence electrons. The van der Waals surface area contributed by atoms with Gasteiger partial charge in [-0.15, -0.1) is 5.10 Å². The van der Waals surface area contributed by atoms with E-state index in [-0.39, 0.29) is 11.9 Å². The molecule has 0 aliphatic carbocycles. The summed E-state index contributed by atoms with van der Waals surface area (Å²) in [7, 11) is 0. The first-order valence-corrected chi connectivity index (χ1v) is 3.82. The number of amides is 1. The molecule has 5 nitrogen and oxygen atoms in total. The van der Waals surface area contributed by atoms with Crippen LogP contribution in [0.4, 0.5) is 6.01 Å². The Balaban J connectivity index is 2.46. The lowest BCUT2D eigenvalue weighted by Gasteiger charge is -1.95. The smallest absolute Gasteiger partial charge is 0.322 e. The molecule has 0 aromatic carbocycles. The third-order valence-corrected chi connectivity index (χ3v) is 1.25. The first-order valence-electron chi connectivity index (χ1n) is 3.82. The highest BCUT2D eigenvalue weighted by atomic mass is 16.4. The summed E-state index contributed by atoms with van der Waals surface area (Å²) >= 11 is 0. The summed E-state index contributed by atoms with van der Waals surface area (Å²) in [6.07, 6.45) is 1.28. The van der Waals surface area contributed by atoms with Crippen molar-refractivity contribution in [2.45, 2.75) is 26.7 Å². The van der Waals surface area contributed by atoms with Crippen LogP contribution in [0.1, 0.15) is 25.7 Å². The Hall–Kier alpha value is -1.39. The SMILES string of the molecule is CCCC(=O)Nc1nnc(C)o1. The molecule has 0 spiro atoms. The van der Waals surface area contributed by atoms with Gasteiger partial charge in [0.2, 0.25) is 11.8 Å². The Kier molecular flexibility index (Phi) is 2.79. The van der Waals surface area contributed by atoms with Gasteiger partial charge in [-0.25, -0.2) is 0 Å². The van der Waals surface area contributed by atoms with E-state index >= 15 is 0 Å². The van der Waals surface area contributed by atoms with Gasteiger partial charge < -0.3 is 4.42 Å². The minimum atomic E-state index is -0.0962. The minimum absolute atomic E-state index is 0.0962. The number of hydrogen-bond acceptors (Lipinski definition) is 4. The van der Waals surface area contributed by atoms with Gasteiger partial charge in [-0.3, -0.25) is 10.1 Å². The number of rotatable bonds is 3. The zero-order chi connectivity index (χ0) is 8.97. The molecule has 12 heavy (non-hydrogen) atoms. The molecule has 1 N–H and O–H groups in total. The molecule has 0 aliphatic rings. The lowest BCUT2D eigenvalue weighted by atomic mass is 10.3. The number of nitrogens with one attached hydrogen (secondary N) is 1. The quantitative estimate of drug-likeness (QED) is 0.736. The van der Waals surface area contributed by atoms with Crippen LogP contribution in [0.2, 0.25) is 0 Å². The number of hydrogen-bond donors (Lipinski definition) is 1. The average Bonchev–Trinajstić information content (AvgIpc) is 2.36. The predicted octanol–water partition coefficient (Wildman–Crippen LogP) is 1.12. The second-order valence-corrected chi connectivity index (χ2v) is 2.42. The zero-order valence-corrected chi connectivity index (χ0v) is 7.13. The summed E-state index contributed by atoms with van der Waals surface area (Å²) in [5.41, 5.74) is 0. The first kappa shape index (κ1) is 8.70. The molecule has 0 unspecified atom stereocenters. The Morgan fingerprint density at radius 1 is 1.58 bits per heavy atom. The fourth-order valence-electron chi connectivity index (χ4n) is 0.756. The van der Waals surface area contributed by atoms with Crippen LogP contribution in [0.15, 0.2) is 4.42 Å². The zero-order valence-electron chi connectivity index (χ0n) is 7.13. The summed E-state index contributed by atoms with van der Waals surface area (Å²) in [5.74, 6) is 0.350. The van der Waals surface area contributed by atoms with Crippen LogP contribution >= 0.6 is 0 Å². The van der Waals surface area contributed by atoms with E-state index in [2.05, 4.69) is 15.5 Å². The lowest BCUT2D eigenvalue weighted by molar-refractivity contribution is -0.116. The van der Waals surface area contributed by atoms with E-state index in [4.69, 9.17) is 4.42 Å². The Morgan fingerprint density at radius 3 is 2.83 bits per heavy atom. The van der Waals surface area contributed by atoms with Gasteiger partial charge in [-0.05, 0) is 6.42 Å². The van der Waals surface area contributed by atoms with Gasteiger partial charge in [0.05, 0.1) is 0 Å². The second-order valence-electron chi connectivity index (χ2n) is 2.42. The van der Waals surface area contributed by atoms with Crippen LogP contribution in [0.5, 0.6) is 0 Å². The van der Waals surface area contributed by atoms with Gasteiger partial charge in [-0.1, -0.05) is 12.0 Å². The third-order valence-electron chi connectivity index (χ3n) is 1.25. The van der Waals surface area contributed by atoms with Crippen LogP contribution in [0.25, 0.3) is 0 Å². The van der Waals surface area contributed by atoms with Crippen LogP contribution in [0.3, 0.4) is 0 Å². The molecule has 5 heteroatoms. The molecule has 1 aromatic rings. The second kappa shape index (κ2) is 3.85. The van der Waals surface area contributed by atoms with E-state index < -0.39 is 0 Å². The van der Waals surface area contributed by atoms with Crippen molar-refractivity contribution >= 4 is 11.9 Å². The van der Waals surface area contributed by atoms with Gasteiger partial charge in [0.1, 0.15) is 0 Å². The van der Waals surface area contributed by atoms with Crippen molar-refractivity contribution in [1.29, 1.82) is 0 Å². The summed E-state index contributed by atoms with van der Waals surface area (Å²) in [4.78, 5) is 11.0. The fraction of sp³-hybridized carbons (Fsp3) is 0.571. The van der Waals surface area contributed by atoms with Crippen molar-refractivity contribution in [1.82, 2.24) is 10.2 Å². The lowest BCUT2D eigenvalue weighted by Crippen LogP contribution is -2.10. The van der Waals surface area contributed by atoms with Crippen molar-refractivity contribution in [2.24, 2.45) is 0 Å². The number of carbonyl (C=O) groups is 1. The van der Waals surface area contributed by atoms with Gasteiger partial charge in [-0.2, -0.15) is 0 Å². The fourth-order valence-corrected chi connectivity index (χ4v) is 0.756. The molecule has 0 saturated carbocycles. The van der Waals surface area contributed by atoms with Crippen molar-refractivity contribution in [3.05, 3.63) is 5.89 Å². The third kappa shape index (κ3) is 2.34. The van der Waals surface area contributed by atoms with Gasteiger partial charge >= 0.3 is 6.01 Å². The van der Waals surface area contributed by atoms with E-state index in [1.807, 2.05) is 6.92 Å². The largest absolute Gasteiger partial charge is 0.408 e. The number of aryl methyl sites for hydroxylation is 1. The summed E-state index contributed by atoms with van der Waals surface area (Å²) < 4.78 is 4.95. The Labute approximate surface area is 70.2 Å². The van der Waals surface area contributed by atoms with Gasteiger partial charge in [0.15, 0.2) is 0 Å². The van der Waals surface area contributed by atoms with Crippen LogP contribution in [-0.4, -0.2) is 16.1 Å². The number of aromatic nitrogens is 2. The van der Waals surface area contributed by atoms with Crippen molar-refractivity contribution in [3.63, 3.8) is 0 Å². The number of nitrogens with zero attached hydrogens (tertiary/aromatic N) is 2. The molecular formula is C7H11N3O2. The molecule has 1 rings (SSSR count). The predicted molar refractivity (Wildman–Crippen MR) is 42.6 cm³/mol. The van der Waals surface area contributed by atoms with Crippen molar-refractivity contribution in [3.8, 4) is 0 Å². The van der Waals surface area contributed by atoms with E-state index in [1.165, 1.54) is 0 Å². The first-order chi connectivity index (χ1) is 5.72. The number of carbonyl (C=O) groups excluding carboxylic acids is 1. The summed E-state index contributed by atoms with van der Waals surface area (Å²) in [5, 5.41) is 9.67. The molecule has 0 atom stereocenters. The maximum Gasteiger partial charge on any atom is 0.322 e. The highest BCUT2D eigenvalue weighted by Gasteiger charge is 2.05. The Morgan fingerprint density at radius 2 is 2.33 bits per heavy atom. The molecule has 0 fully saturated rings. The average molecular weight is 169 g/mol. The summed E-state index contributed by atoms with van der Waals surface area (Å²) in [6, 6.07) is 0.172. The van der Waals surface area contributed by atoms with E-state index in [9.17, 15) is 4.79 Å². The topological polar surface area (TPSA) is 68.0 Å². The van der Waals surface area contributed by atoms with Crippen LogP contribution in [0, 0.1) is 6.92 Å². The minimum Gasteiger partial charge on any atom is -0.408 e. The van der Waals surface area contributed by atoms with Gasteiger partial charge in [0, 0.05) is 13.3 Å². The molecule has 0 radical (unpaired) electrons. The highest BCUT2D eigenvalue weighted by Crippen LogP contribution is 2.04. The van der Waals surface area contributed by atoms with Gasteiger partial charge in [0.25, 0.3) is 0 Å². The highest BCUT2D eigenvalue weighted by molar-refractivity contribution is 5.88. The molecular weight excluding hydrogens is 158 g/mol. The van der Waals surface area contributed by atoms with Crippen LogP contribution in [-0.2, 0) is 4.79 Å². The molecule has 1 heterocycles. The maximum atomic E-state index is 11.0. The standard InChI is InChI=1S/C7H11N3O2/c1-3-4-6(11)8-7-10-9-5(2)12-7/h3-4H2,1-2H3,(H,8,10,11). The molecule has 1 aromatic heterocycles. The summed E-state index contributed by atoms with van der Waals surface area (Å²) in [6.45, 7) is 3.60. The number of anilines is 1. The van der Waals surface area contributed by atoms with Crippen molar-refractivity contribution in [2.75, 3.05) is 5.32 Å². The maximum absolute atomic E-state index is 11.0. The molecule has 0 aliphatic heterocycles. The van der Waals surface area contributed by atoms with E-state index in [0.29, 0.717) is 12.3 Å². The molecule has 0 saturated heterocycles. The monoisotopic (exact) mass is 169 g/mol. The van der Waals surface area contributed by atoms with E-state index in [1.54, 1.807) is 6.92 Å². The van der Waals surface area contributed by atoms with E-state index in [0.717, 1.165) is 6.42 Å². The van der Waals surface area contributed by atoms with Crippen molar-refractivity contribution < 1.29 is 9.21 Å².